The van der Waals surface area contributed by atoms with Crippen LogP contribution in [0.25, 0.3) is 11.1 Å². The molecule has 4 rings (SSSR count). The average molecular weight is 396 g/mol. The van der Waals surface area contributed by atoms with Gasteiger partial charge < -0.3 is 15.2 Å². The number of nitrogens with two attached hydrogens (primary N) is 1. The fourth-order valence-electron chi connectivity index (χ4n) is 3.14. The maximum Gasteiger partial charge on any atom is 0.253 e. The molecule has 28 heavy (non-hydrogen) atoms. The normalized spacial score (nSPS) is 15.8. The van der Waals surface area contributed by atoms with Crippen LogP contribution in [-0.4, -0.2) is 34.2 Å². The fourth-order valence-corrected chi connectivity index (χ4v) is 4.10. The number of guanidine groups is 1. The molecule has 1 unspecified atom stereocenters. The van der Waals surface area contributed by atoms with Crippen molar-refractivity contribution >= 4 is 23.6 Å². The van der Waals surface area contributed by atoms with E-state index in [0.29, 0.717) is 23.1 Å². The Morgan fingerprint density at radius 3 is 2.79 bits per heavy atom. The van der Waals surface area contributed by atoms with E-state index in [4.69, 9.17) is 10.3 Å². The summed E-state index contributed by atoms with van der Waals surface area (Å²) >= 11 is 1.81. The van der Waals surface area contributed by atoms with Crippen LogP contribution < -0.4 is 5.73 Å². The van der Waals surface area contributed by atoms with Crippen molar-refractivity contribution in [1.82, 2.24) is 10.1 Å². The molecule has 144 valence electrons. The van der Waals surface area contributed by atoms with Gasteiger partial charge in [-0.3, -0.25) is 0 Å². The molecule has 2 aromatic carbocycles. The molecule has 1 saturated heterocycles. The van der Waals surface area contributed by atoms with Crippen LogP contribution in [0.2, 0.25) is 0 Å². The maximum absolute atomic E-state index is 14.7. The Labute approximate surface area is 167 Å². The molecule has 0 spiro atoms. The predicted octanol–water partition coefficient (Wildman–Crippen LogP) is 4.59. The second kappa shape index (κ2) is 8.06. The molecule has 1 fully saturated rings. The van der Waals surface area contributed by atoms with Gasteiger partial charge in [-0.05, 0) is 17.2 Å². The summed E-state index contributed by atoms with van der Waals surface area (Å²) in [5.41, 5.74) is 8.97. The summed E-state index contributed by atoms with van der Waals surface area (Å²) in [7, 11) is 0. The number of thioether (sulfide) groups is 1. The fraction of sp³-hybridized carbons (Fsp3) is 0.238. The molecular formula is C21H21FN4OS. The minimum absolute atomic E-state index is 0.129. The molecule has 0 amide bonds. The second-order valence-corrected chi connectivity index (χ2v) is 7.76. The van der Waals surface area contributed by atoms with Gasteiger partial charge in [-0.2, -0.15) is 4.99 Å². The molecule has 2 heterocycles. The van der Waals surface area contributed by atoms with Crippen molar-refractivity contribution in [1.29, 1.82) is 0 Å². The number of hydrogen-bond donors (Lipinski definition) is 1. The molecular weight excluding hydrogens is 375 g/mol. The lowest BCUT2D eigenvalue weighted by Gasteiger charge is -2.13. The van der Waals surface area contributed by atoms with Crippen LogP contribution in [0.3, 0.4) is 0 Å². The summed E-state index contributed by atoms with van der Waals surface area (Å²) in [6.07, 6.45) is 0. The first-order chi connectivity index (χ1) is 13.6. The third-order valence-electron chi connectivity index (χ3n) is 4.84. The molecule has 0 aliphatic carbocycles. The van der Waals surface area contributed by atoms with Crippen molar-refractivity contribution in [3.63, 3.8) is 0 Å². The molecule has 0 radical (unpaired) electrons. The van der Waals surface area contributed by atoms with Crippen LogP contribution in [0.1, 0.15) is 24.1 Å². The average Bonchev–Trinajstić information content (AvgIpc) is 3.40. The number of rotatable bonds is 4. The molecule has 1 aliphatic rings. The van der Waals surface area contributed by atoms with Crippen LogP contribution in [0.5, 0.6) is 0 Å². The predicted molar refractivity (Wildman–Crippen MR) is 111 cm³/mol. The molecule has 2 N–H and O–H groups in total. The Bertz CT molecular complexity index is 983. The van der Waals surface area contributed by atoms with Crippen LogP contribution in [0.4, 0.5) is 10.3 Å². The summed E-state index contributed by atoms with van der Waals surface area (Å²) in [5, 5.41) is 4.10. The minimum atomic E-state index is -0.256. The summed E-state index contributed by atoms with van der Waals surface area (Å²) < 4.78 is 20.0. The first-order valence-electron chi connectivity index (χ1n) is 9.10. The lowest BCUT2D eigenvalue weighted by Crippen LogP contribution is -2.34. The zero-order valence-electron chi connectivity index (χ0n) is 15.5. The van der Waals surface area contributed by atoms with Crippen LogP contribution >= 0.6 is 11.8 Å². The number of aliphatic imine (C=N–C) groups is 1. The first kappa shape index (κ1) is 18.6. The van der Waals surface area contributed by atoms with Crippen molar-refractivity contribution in [3.8, 4) is 11.1 Å². The zero-order chi connectivity index (χ0) is 19.5. The van der Waals surface area contributed by atoms with E-state index in [1.807, 2.05) is 60.0 Å². The molecule has 0 saturated carbocycles. The highest BCUT2D eigenvalue weighted by atomic mass is 32.2. The van der Waals surface area contributed by atoms with Gasteiger partial charge in [-0.15, -0.1) is 11.8 Å². The van der Waals surface area contributed by atoms with Gasteiger partial charge in [-0.1, -0.05) is 54.5 Å². The van der Waals surface area contributed by atoms with E-state index in [1.165, 1.54) is 0 Å². The smallest absolute Gasteiger partial charge is 0.253 e. The highest BCUT2D eigenvalue weighted by molar-refractivity contribution is 7.99. The maximum atomic E-state index is 14.7. The van der Waals surface area contributed by atoms with Crippen molar-refractivity contribution in [2.45, 2.75) is 12.8 Å². The molecule has 1 aliphatic heterocycles. The molecule has 7 heteroatoms. The summed E-state index contributed by atoms with van der Waals surface area (Å²) in [6.45, 7) is 2.84. The Morgan fingerprint density at radius 1 is 1.25 bits per heavy atom. The third-order valence-corrected chi connectivity index (χ3v) is 5.80. The number of aromatic nitrogens is 1. The van der Waals surface area contributed by atoms with Gasteiger partial charge in [0.1, 0.15) is 5.82 Å². The third kappa shape index (κ3) is 3.89. The first-order valence-corrected chi connectivity index (χ1v) is 10.3. The van der Waals surface area contributed by atoms with Gasteiger partial charge in [0.05, 0.1) is 11.6 Å². The van der Waals surface area contributed by atoms with Crippen molar-refractivity contribution in [3.05, 3.63) is 71.7 Å². The highest BCUT2D eigenvalue weighted by Gasteiger charge is 2.18. The van der Waals surface area contributed by atoms with Crippen molar-refractivity contribution in [2.75, 3.05) is 18.2 Å². The van der Waals surface area contributed by atoms with Gasteiger partial charge in [0.25, 0.3) is 5.88 Å². The molecule has 5 nitrogen and oxygen atoms in total. The summed E-state index contributed by atoms with van der Waals surface area (Å²) in [4.78, 5) is 6.31. The Hall–Kier alpha value is -2.80. The lowest BCUT2D eigenvalue weighted by molar-refractivity contribution is 0.417. The van der Waals surface area contributed by atoms with Gasteiger partial charge in [-0.25, -0.2) is 4.39 Å². The van der Waals surface area contributed by atoms with Gasteiger partial charge in [0, 0.05) is 29.8 Å². The zero-order valence-corrected chi connectivity index (χ0v) is 16.3. The van der Waals surface area contributed by atoms with Crippen LogP contribution in [0, 0.1) is 5.82 Å². The van der Waals surface area contributed by atoms with Gasteiger partial charge in [0.15, 0.2) is 5.96 Å². The van der Waals surface area contributed by atoms with Crippen molar-refractivity contribution < 1.29 is 8.91 Å². The van der Waals surface area contributed by atoms with E-state index < -0.39 is 0 Å². The highest BCUT2D eigenvalue weighted by Crippen LogP contribution is 2.30. The molecule has 1 aromatic heterocycles. The SMILES string of the molecule is CC(c1ccc(-c2ccccc2)c(F)c1)c1cc(N=C(N)N2CCSC2)on1. The summed E-state index contributed by atoms with van der Waals surface area (Å²) in [6, 6.07) is 16.5. The molecule has 0 bridgehead atoms. The van der Waals surface area contributed by atoms with E-state index in [1.54, 1.807) is 18.2 Å². The van der Waals surface area contributed by atoms with E-state index in [2.05, 4.69) is 10.1 Å². The van der Waals surface area contributed by atoms with Crippen molar-refractivity contribution in [2.24, 2.45) is 10.7 Å². The number of benzene rings is 2. The summed E-state index contributed by atoms with van der Waals surface area (Å²) in [5.74, 6) is 2.28. The number of nitrogens with zero attached hydrogens (tertiary/aromatic N) is 3. The monoisotopic (exact) mass is 396 g/mol. The van der Waals surface area contributed by atoms with Crippen LogP contribution in [-0.2, 0) is 0 Å². The van der Waals surface area contributed by atoms with Gasteiger partial charge in [0.2, 0.25) is 0 Å². The van der Waals surface area contributed by atoms with E-state index >= 15 is 0 Å². The van der Waals surface area contributed by atoms with E-state index in [9.17, 15) is 4.39 Å². The second-order valence-electron chi connectivity index (χ2n) is 6.69. The standard InChI is InChI=1S/C21H21FN4OS/c1-14(16-7-8-17(18(22)11-16)15-5-3-2-4-6-15)19-12-20(27-25-19)24-21(23)26-9-10-28-13-26/h2-8,11-12,14H,9-10,13H2,1H3,(H2,23,24). The Balaban J connectivity index is 1.53. The topological polar surface area (TPSA) is 67.7 Å². The number of hydrogen-bond acceptors (Lipinski definition) is 4. The van der Waals surface area contributed by atoms with Gasteiger partial charge >= 0.3 is 0 Å². The largest absolute Gasteiger partial charge is 0.369 e. The number of halogens is 1. The molecule has 3 aromatic rings. The quantitative estimate of drug-likeness (QED) is 0.516. The van der Waals surface area contributed by atoms with E-state index in [0.717, 1.165) is 29.3 Å². The van der Waals surface area contributed by atoms with Crippen LogP contribution in [0.15, 0.2) is 64.1 Å². The lowest BCUT2D eigenvalue weighted by atomic mass is 9.95. The Kier molecular flexibility index (Phi) is 5.34. The Morgan fingerprint density at radius 2 is 2.07 bits per heavy atom. The van der Waals surface area contributed by atoms with E-state index in [-0.39, 0.29) is 11.7 Å². The molecule has 1 atom stereocenters. The minimum Gasteiger partial charge on any atom is -0.369 e.